The molecule has 2 N–H and O–H groups in total. The van der Waals surface area contributed by atoms with Crippen LogP contribution >= 0.6 is 36.4 Å². The molecule has 0 saturated heterocycles. The zero-order valence-corrected chi connectivity index (χ0v) is 17.2. The van der Waals surface area contributed by atoms with E-state index in [2.05, 4.69) is 0 Å². The molecule has 1 aromatic carbocycles. The lowest BCUT2D eigenvalue weighted by Gasteiger charge is -2.34. The maximum Gasteiger partial charge on any atom is 0.334 e. The number of amides is 2. The zero-order valence-electron chi connectivity index (χ0n) is 14.8. The second kappa shape index (κ2) is 13.3. The second-order valence-electron chi connectivity index (χ2n) is 5.64. The van der Waals surface area contributed by atoms with Gasteiger partial charge in [-0.25, -0.2) is 10.6 Å². The lowest BCUT2D eigenvalue weighted by atomic mass is 10.1. The zero-order chi connectivity index (χ0) is 17.3. The summed E-state index contributed by atoms with van der Waals surface area (Å²) >= 11 is 5.16. The largest absolute Gasteiger partial charge is 0.334 e. The van der Waals surface area contributed by atoms with Gasteiger partial charge in [0.25, 0.3) is 5.24 Å². The highest BCUT2D eigenvalue weighted by Gasteiger charge is 2.25. The van der Waals surface area contributed by atoms with Gasteiger partial charge in [-0.15, -0.1) is 24.8 Å². The van der Waals surface area contributed by atoms with Crippen LogP contribution < -0.4 is 5.84 Å². The summed E-state index contributed by atoms with van der Waals surface area (Å²) in [7, 11) is 0. The molecule has 0 spiro atoms. The molecule has 0 radical (unpaired) electrons. The SMILES string of the molecule is CCN(CC)C(=O)N(N)C(C)(C)C.Cl.Cl.O=C(Cl)c1ccccc1. The maximum absolute atomic E-state index is 11.7. The molecular weight excluding hydrogens is 373 g/mol. The molecule has 0 unspecified atom stereocenters. The molecule has 0 fully saturated rings. The van der Waals surface area contributed by atoms with Crippen molar-refractivity contribution >= 4 is 47.7 Å². The standard InChI is InChI=1S/C9H21N3O.C7H5ClO.2ClH/c1-6-11(7-2)8(13)12(10)9(3,4)5;8-7(9)6-4-2-1-3-5-6;;/h6-7,10H2,1-5H3;1-5H;2*1H. The van der Waals surface area contributed by atoms with Crippen molar-refractivity contribution in [2.24, 2.45) is 5.84 Å². The molecule has 140 valence electrons. The van der Waals surface area contributed by atoms with Crippen molar-refractivity contribution in [3.05, 3.63) is 35.9 Å². The van der Waals surface area contributed by atoms with E-state index >= 15 is 0 Å². The van der Waals surface area contributed by atoms with E-state index in [9.17, 15) is 9.59 Å². The lowest BCUT2D eigenvalue weighted by Crippen LogP contribution is -2.55. The van der Waals surface area contributed by atoms with Crippen molar-refractivity contribution in [1.82, 2.24) is 9.91 Å². The van der Waals surface area contributed by atoms with E-state index in [1.165, 1.54) is 5.01 Å². The third-order valence-corrected chi connectivity index (χ3v) is 3.18. The highest BCUT2D eigenvalue weighted by molar-refractivity contribution is 6.67. The first-order valence-corrected chi connectivity index (χ1v) is 7.61. The topological polar surface area (TPSA) is 66.6 Å². The Balaban J connectivity index is -0.000000355. The fourth-order valence-corrected chi connectivity index (χ4v) is 1.63. The van der Waals surface area contributed by atoms with Crippen molar-refractivity contribution in [3.63, 3.8) is 0 Å². The van der Waals surface area contributed by atoms with Crippen LogP contribution in [0.15, 0.2) is 30.3 Å². The summed E-state index contributed by atoms with van der Waals surface area (Å²) in [4.78, 5) is 23.8. The van der Waals surface area contributed by atoms with E-state index in [0.717, 1.165) is 0 Å². The van der Waals surface area contributed by atoms with Gasteiger partial charge in [0.05, 0.1) is 5.54 Å². The molecule has 1 aromatic rings. The number of carbonyl (C=O) groups excluding carboxylic acids is 2. The Morgan fingerprint density at radius 3 is 1.71 bits per heavy atom. The normalized spacial score (nSPS) is 9.46. The molecule has 2 amide bonds. The van der Waals surface area contributed by atoms with Gasteiger partial charge in [0.15, 0.2) is 0 Å². The smallest absolute Gasteiger partial charge is 0.324 e. The van der Waals surface area contributed by atoms with Gasteiger partial charge in [-0.3, -0.25) is 9.80 Å². The van der Waals surface area contributed by atoms with E-state index in [1.54, 1.807) is 29.2 Å². The van der Waals surface area contributed by atoms with Crippen molar-refractivity contribution < 1.29 is 9.59 Å². The average Bonchev–Trinajstić information content (AvgIpc) is 2.48. The van der Waals surface area contributed by atoms with E-state index in [1.807, 2.05) is 40.7 Å². The van der Waals surface area contributed by atoms with Crippen molar-refractivity contribution in [3.8, 4) is 0 Å². The molecule has 0 aliphatic heterocycles. The Labute approximate surface area is 162 Å². The molecule has 0 aromatic heterocycles. The molecule has 0 saturated carbocycles. The number of nitrogens with zero attached hydrogens (tertiary/aromatic N) is 2. The van der Waals surface area contributed by atoms with Gasteiger partial charge in [-0.2, -0.15) is 0 Å². The predicted octanol–water partition coefficient (Wildman–Crippen LogP) is 4.33. The molecular formula is C16H28Cl3N3O2. The van der Waals surface area contributed by atoms with Crippen LogP contribution in [0.2, 0.25) is 0 Å². The number of hydrazine groups is 1. The number of urea groups is 1. The predicted molar refractivity (Wildman–Crippen MR) is 105 cm³/mol. The Morgan fingerprint density at radius 1 is 1.04 bits per heavy atom. The Kier molecular flexibility index (Phi) is 15.4. The van der Waals surface area contributed by atoms with Crippen LogP contribution in [-0.4, -0.2) is 39.8 Å². The minimum atomic E-state index is -0.407. The van der Waals surface area contributed by atoms with E-state index < -0.39 is 5.24 Å². The highest BCUT2D eigenvalue weighted by Crippen LogP contribution is 2.10. The summed E-state index contributed by atoms with van der Waals surface area (Å²) in [5.74, 6) is 5.69. The number of benzene rings is 1. The highest BCUT2D eigenvalue weighted by atomic mass is 35.5. The first-order valence-electron chi connectivity index (χ1n) is 7.23. The Bertz CT molecular complexity index is 475. The number of rotatable bonds is 3. The van der Waals surface area contributed by atoms with E-state index in [0.29, 0.717) is 18.7 Å². The molecule has 0 aliphatic carbocycles. The molecule has 5 nitrogen and oxygen atoms in total. The number of nitrogens with two attached hydrogens (primary N) is 1. The number of carbonyl (C=O) groups is 2. The third-order valence-electron chi connectivity index (χ3n) is 2.96. The Hall–Kier alpha value is -1.01. The van der Waals surface area contributed by atoms with Gasteiger partial charge in [-0.05, 0) is 46.2 Å². The number of hydrogen-bond donors (Lipinski definition) is 1. The fourth-order valence-electron chi connectivity index (χ4n) is 1.50. The van der Waals surface area contributed by atoms with Gasteiger partial charge in [-0.1, -0.05) is 30.3 Å². The third kappa shape index (κ3) is 9.98. The number of hydrogen-bond acceptors (Lipinski definition) is 3. The summed E-state index contributed by atoms with van der Waals surface area (Å²) in [6.45, 7) is 11.0. The first-order chi connectivity index (χ1) is 10.1. The fraction of sp³-hybridized carbons (Fsp3) is 0.500. The quantitative estimate of drug-likeness (QED) is 0.355. The monoisotopic (exact) mass is 399 g/mol. The van der Waals surface area contributed by atoms with Gasteiger partial charge in [0, 0.05) is 18.7 Å². The van der Waals surface area contributed by atoms with Crippen molar-refractivity contribution in [2.45, 2.75) is 40.2 Å². The molecule has 24 heavy (non-hydrogen) atoms. The van der Waals surface area contributed by atoms with Gasteiger partial charge in [0.2, 0.25) is 0 Å². The van der Waals surface area contributed by atoms with Gasteiger partial charge >= 0.3 is 6.03 Å². The molecule has 1 rings (SSSR count). The van der Waals surface area contributed by atoms with Crippen LogP contribution in [0, 0.1) is 0 Å². The average molecular weight is 401 g/mol. The van der Waals surface area contributed by atoms with Crippen LogP contribution in [0.5, 0.6) is 0 Å². The molecule has 0 heterocycles. The second-order valence-corrected chi connectivity index (χ2v) is 5.98. The minimum Gasteiger partial charge on any atom is -0.324 e. The summed E-state index contributed by atoms with van der Waals surface area (Å²) in [6.07, 6.45) is 0. The molecule has 0 atom stereocenters. The van der Waals surface area contributed by atoms with E-state index in [-0.39, 0.29) is 36.4 Å². The lowest BCUT2D eigenvalue weighted by molar-refractivity contribution is 0.108. The minimum absolute atomic E-state index is 0. The Morgan fingerprint density at radius 2 is 1.46 bits per heavy atom. The number of halogens is 3. The van der Waals surface area contributed by atoms with Crippen LogP contribution in [0.3, 0.4) is 0 Å². The first kappa shape index (κ1) is 27.8. The summed E-state index contributed by atoms with van der Waals surface area (Å²) in [6, 6.07) is 8.62. The van der Waals surface area contributed by atoms with E-state index in [4.69, 9.17) is 17.4 Å². The molecule has 0 bridgehead atoms. The van der Waals surface area contributed by atoms with Gasteiger partial charge < -0.3 is 4.90 Å². The van der Waals surface area contributed by atoms with Crippen molar-refractivity contribution in [2.75, 3.05) is 13.1 Å². The maximum atomic E-state index is 11.7. The molecule has 0 aliphatic rings. The van der Waals surface area contributed by atoms with Crippen LogP contribution in [-0.2, 0) is 0 Å². The summed E-state index contributed by atoms with van der Waals surface area (Å²) < 4.78 is 0. The van der Waals surface area contributed by atoms with Crippen LogP contribution in [0.4, 0.5) is 4.79 Å². The van der Waals surface area contributed by atoms with Crippen molar-refractivity contribution in [1.29, 1.82) is 0 Å². The van der Waals surface area contributed by atoms with Crippen LogP contribution in [0.1, 0.15) is 45.0 Å². The van der Waals surface area contributed by atoms with Crippen LogP contribution in [0.25, 0.3) is 0 Å². The summed E-state index contributed by atoms with van der Waals surface area (Å²) in [5.41, 5.74) is 0.221. The molecule has 8 heteroatoms. The summed E-state index contributed by atoms with van der Waals surface area (Å²) in [5, 5.41) is 0.871. The van der Waals surface area contributed by atoms with Gasteiger partial charge in [0.1, 0.15) is 0 Å².